The molecule has 1 aromatic rings. The number of carbonyl (C=O) groups excluding carboxylic acids is 1. The molecule has 3 unspecified atom stereocenters. The van der Waals surface area contributed by atoms with Crippen molar-refractivity contribution in [2.24, 2.45) is 11.8 Å². The average molecular weight is 312 g/mol. The number of hydrogen-bond acceptors (Lipinski definition) is 2. The van der Waals surface area contributed by atoms with Crippen LogP contribution in [0.5, 0.6) is 0 Å². The first-order valence-corrected chi connectivity index (χ1v) is 9.39. The van der Waals surface area contributed by atoms with Crippen molar-refractivity contribution in [3.8, 4) is 0 Å². The van der Waals surface area contributed by atoms with Crippen molar-refractivity contribution >= 4 is 5.91 Å². The summed E-state index contributed by atoms with van der Waals surface area (Å²) in [5, 5.41) is 6.73. The Labute approximate surface area is 139 Å². The second-order valence-corrected chi connectivity index (χ2v) is 7.73. The fourth-order valence-corrected chi connectivity index (χ4v) is 4.78. The molecule has 3 aliphatic rings. The second-order valence-electron chi connectivity index (χ2n) is 7.73. The zero-order chi connectivity index (χ0) is 15.6. The monoisotopic (exact) mass is 312 g/mol. The van der Waals surface area contributed by atoms with Crippen LogP contribution in [0, 0.1) is 11.8 Å². The van der Waals surface area contributed by atoms with Crippen molar-refractivity contribution in [3.05, 3.63) is 35.4 Å². The predicted octanol–water partition coefficient (Wildman–Crippen LogP) is 3.00. The number of carbonyl (C=O) groups is 1. The Bertz CT molecular complexity index is 547. The molecule has 0 aromatic heterocycles. The first-order valence-electron chi connectivity index (χ1n) is 9.39. The van der Waals surface area contributed by atoms with Gasteiger partial charge in [-0.1, -0.05) is 37.1 Å². The molecular weight excluding hydrogens is 284 g/mol. The van der Waals surface area contributed by atoms with Crippen LogP contribution in [0.3, 0.4) is 0 Å². The van der Waals surface area contributed by atoms with Crippen molar-refractivity contribution in [2.45, 2.75) is 56.9 Å². The molecule has 2 aliphatic heterocycles. The van der Waals surface area contributed by atoms with Gasteiger partial charge >= 0.3 is 0 Å². The van der Waals surface area contributed by atoms with Crippen LogP contribution >= 0.6 is 0 Å². The number of benzene rings is 1. The number of hydrogen-bond donors (Lipinski definition) is 2. The van der Waals surface area contributed by atoms with E-state index in [-0.39, 0.29) is 11.8 Å². The lowest BCUT2D eigenvalue weighted by Gasteiger charge is -2.39. The van der Waals surface area contributed by atoms with E-state index in [4.69, 9.17) is 0 Å². The van der Waals surface area contributed by atoms with E-state index in [0.717, 1.165) is 31.8 Å². The molecule has 1 aromatic carbocycles. The van der Waals surface area contributed by atoms with Crippen molar-refractivity contribution in [1.29, 1.82) is 0 Å². The van der Waals surface area contributed by atoms with Gasteiger partial charge in [-0.25, -0.2) is 0 Å². The summed E-state index contributed by atoms with van der Waals surface area (Å²) in [5.74, 6) is 1.85. The van der Waals surface area contributed by atoms with E-state index >= 15 is 0 Å². The molecule has 3 nitrogen and oxygen atoms in total. The maximum absolute atomic E-state index is 12.4. The molecule has 124 valence electrons. The summed E-state index contributed by atoms with van der Waals surface area (Å²) in [7, 11) is 0. The van der Waals surface area contributed by atoms with E-state index < -0.39 is 0 Å². The van der Waals surface area contributed by atoms with E-state index in [9.17, 15) is 4.79 Å². The Morgan fingerprint density at radius 3 is 2.65 bits per heavy atom. The minimum atomic E-state index is 0.174. The molecule has 3 heteroatoms. The molecule has 1 saturated carbocycles. The van der Waals surface area contributed by atoms with Crippen LogP contribution in [-0.2, 0) is 11.2 Å². The molecule has 3 fully saturated rings. The lowest BCUT2D eigenvalue weighted by atomic mass is 9.74. The standard InChI is InChI=1S/C20H28N2O/c23-20-18(12-16-3-1-2-4-19(16)22-20)11-14-5-7-15(8-6-14)17-9-10-21-13-17/h5-8,16-19,21H,1-4,9-13H2,(H,22,23)/t16?,17-,18?,19?/m0/s1. The van der Waals surface area contributed by atoms with Crippen LogP contribution in [0.25, 0.3) is 0 Å². The van der Waals surface area contributed by atoms with Gasteiger partial charge in [0.05, 0.1) is 0 Å². The Kier molecular flexibility index (Phi) is 4.39. The normalized spacial score (nSPS) is 34.0. The summed E-state index contributed by atoms with van der Waals surface area (Å²) < 4.78 is 0. The van der Waals surface area contributed by atoms with Crippen molar-refractivity contribution in [2.75, 3.05) is 13.1 Å². The van der Waals surface area contributed by atoms with E-state index in [2.05, 4.69) is 34.9 Å². The topological polar surface area (TPSA) is 41.1 Å². The molecule has 2 saturated heterocycles. The van der Waals surface area contributed by atoms with Crippen molar-refractivity contribution < 1.29 is 4.79 Å². The lowest BCUT2D eigenvalue weighted by Crippen LogP contribution is -2.51. The maximum Gasteiger partial charge on any atom is 0.223 e. The predicted molar refractivity (Wildman–Crippen MR) is 92.4 cm³/mol. The third kappa shape index (κ3) is 3.30. The Morgan fingerprint density at radius 2 is 1.87 bits per heavy atom. The number of rotatable bonds is 3. The molecule has 23 heavy (non-hydrogen) atoms. The van der Waals surface area contributed by atoms with Gasteiger partial charge in [-0.3, -0.25) is 4.79 Å². The van der Waals surface area contributed by atoms with E-state index in [0.29, 0.717) is 12.0 Å². The van der Waals surface area contributed by atoms with Gasteiger partial charge in [-0.2, -0.15) is 0 Å². The summed E-state index contributed by atoms with van der Waals surface area (Å²) in [4.78, 5) is 12.4. The van der Waals surface area contributed by atoms with Gasteiger partial charge in [0.15, 0.2) is 0 Å². The summed E-state index contributed by atoms with van der Waals surface area (Å²) in [6.07, 6.45) is 8.34. The number of nitrogens with one attached hydrogen (secondary N) is 2. The highest BCUT2D eigenvalue weighted by molar-refractivity contribution is 5.80. The van der Waals surface area contributed by atoms with Crippen LogP contribution in [0.4, 0.5) is 0 Å². The van der Waals surface area contributed by atoms with Crippen LogP contribution in [0.1, 0.15) is 55.6 Å². The smallest absolute Gasteiger partial charge is 0.223 e. The number of piperidine rings is 1. The summed E-state index contributed by atoms with van der Waals surface area (Å²) in [6, 6.07) is 9.50. The minimum Gasteiger partial charge on any atom is -0.353 e. The molecule has 0 spiro atoms. The van der Waals surface area contributed by atoms with Crippen molar-refractivity contribution in [3.63, 3.8) is 0 Å². The van der Waals surface area contributed by atoms with Crippen LogP contribution in [0.15, 0.2) is 24.3 Å². The Morgan fingerprint density at radius 1 is 1.04 bits per heavy atom. The quantitative estimate of drug-likeness (QED) is 0.901. The molecule has 1 aliphatic carbocycles. The molecule has 0 bridgehead atoms. The maximum atomic E-state index is 12.4. The van der Waals surface area contributed by atoms with Gasteiger partial charge in [-0.05, 0) is 61.6 Å². The van der Waals surface area contributed by atoms with Gasteiger partial charge in [0.2, 0.25) is 5.91 Å². The third-order valence-electron chi connectivity index (χ3n) is 6.19. The highest BCUT2D eigenvalue weighted by atomic mass is 16.2. The molecule has 4 rings (SSSR count). The van der Waals surface area contributed by atoms with Crippen molar-refractivity contribution in [1.82, 2.24) is 10.6 Å². The first kappa shape index (κ1) is 15.2. The van der Waals surface area contributed by atoms with E-state index in [1.165, 1.54) is 43.2 Å². The summed E-state index contributed by atoms with van der Waals surface area (Å²) in [6.45, 7) is 2.24. The number of amides is 1. The third-order valence-corrected chi connectivity index (χ3v) is 6.19. The molecule has 0 radical (unpaired) electrons. The Hall–Kier alpha value is -1.35. The molecule has 4 atom stereocenters. The van der Waals surface area contributed by atoms with Gasteiger partial charge in [0, 0.05) is 18.5 Å². The largest absolute Gasteiger partial charge is 0.353 e. The molecular formula is C20H28N2O. The van der Waals surface area contributed by atoms with E-state index in [1.807, 2.05) is 0 Å². The van der Waals surface area contributed by atoms with Gasteiger partial charge < -0.3 is 10.6 Å². The zero-order valence-corrected chi connectivity index (χ0v) is 13.9. The van der Waals surface area contributed by atoms with Crippen LogP contribution in [-0.4, -0.2) is 25.0 Å². The summed E-state index contributed by atoms with van der Waals surface area (Å²) in [5.41, 5.74) is 2.76. The first-order chi connectivity index (χ1) is 11.3. The van der Waals surface area contributed by atoms with E-state index in [1.54, 1.807) is 0 Å². The highest BCUT2D eigenvalue weighted by Gasteiger charge is 2.36. The fraction of sp³-hybridized carbons (Fsp3) is 0.650. The van der Waals surface area contributed by atoms with Crippen LogP contribution in [0.2, 0.25) is 0 Å². The van der Waals surface area contributed by atoms with Gasteiger partial charge in [-0.15, -0.1) is 0 Å². The summed E-state index contributed by atoms with van der Waals surface area (Å²) >= 11 is 0. The number of fused-ring (bicyclic) bond motifs is 1. The Balaban J connectivity index is 1.40. The van der Waals surface area contributed by atoms with Gasteiger partial charge in [0.1, 0.15) is 0 Å². The molecule has 1 amide bonds. The average Bonchev–Trinajstić information content (AvgIpc) is 3.11. The second kappa shape index (κ2) is 6.64. The van der Waals surface area contributed by atoms with Crippen LogP contribution < -0.4 is 10.6 Å². The molecule has 2 N–H and O–H groups in total. The fourth-order valence-electron chi connectivity index (χ4n) is 4.78. The SMILES string of the molecule is O=C1NC2CCCCC2CC1Cc1ccc([C@H]2CCNC2)cc1. The highest BCUT2D eigenvalue weighted by Crippen LogP contribution is 2.34. The lowest BCUT2D eigenvalue weighted by molar-refractivity contribution is -0.129. The molecule has 2 heterocycles. The zero-order valence-electron chi connectivity index (χ0n) is 13.9. The minimum absolute atomic E-state index is 0.174. The van der Waals surface area contributed by atoms with Gasteiger partial charge in [0.25, 0.3) is 0 Å².